The number of hydrogen-bond acceptors (Lipinski definition) is 7. The van der Waals surface area contributed by atoms with Crippen LogP contribution >= 0.6 is 11.8 Å². The number of benzene rings is 2. The largest absolute Gasteiger partial charge is 0.573 e. The Balaban J connectivity index is 1.35. The molecule has 1 aliphatic heterocycles. The number of rotatable bonds is 7. The van der Waals surface area contributed by atoms with Crippen molar-refractivity contribution in [2.45, 2.75) is 43.5 Å². The first-order valence-corrected chi connectivity index (χ1v) is 12.2. The summed E-state index contributed by atoms with van der Waals surface area (Å²) in [7, 11) is 3.21. The summed E-state index contributed by atoms with van der Waals surface area (Å²) in [5.41, 5.74) is 2.23. The SMILES string of the molecule is CO[C@@H]1C[C@@H](OC)[C@H](SC(=O)Nc2ccc(-c3cn(-c4ccc(OC(F)(F)F)cc4)cn3)cc2)O[C@H]1C. The van der Waals surface area contributed by atoms with Gasteiger partial charge in [-0.3, -0.25) is 4.79 Å². The average Bonchev–Trinajstić information content (AvgIpc) is 3.34. The molecular weight excluding hydrogens is 511 g/mol. The van der Waals surface area contributed by atoms with Crippen molar-refractivity contribution in [3.05, 3.63) is 61.1 Å². The maximum Gasteiger partial charge on any atom is 0.573 e. The predicted molar refractivity (Wildman–Crippen MR) is 133 cm³/mol. The van der Waals surface area contributed by atoms with Crippen molar-refractivity contribution in [1.82, 2.24) is 9.55 Å². The summed E-state index contributed by atoms with van der Waals surface area (Å²) in [6.45, 7) is 1.91. The highest BCUT2D eigenvalue weighted by Crippen LogP contribution is 2.32. The van der Waals surface area contributed by atoms with Gasteiger partial charge >= 0.3 is 6.36 Å². The molecule has 4 rings (SSSR count). The Labute approximate surface area is 216 Å². The van der Waals surface area contributed by atoms with E-state index in [1.54, 1.807) is 43.4 Å². The minimum Gasteiger partial charge on any atom is -0.406 e. The van der Waals surface area contributed by atoms with Crippen molar-refractivity contribution >= 4 is 22.7 Å². The highest BCUT2D eigenvalue weighted by atomic mass is 32.2. The summed E-state index contributed by atoms with van der Waals surface area (Å²) in [4.78, 5) is 17.0. The molecule has 1 N–H and O–H groups in total. The van der Waals surface area contributed by atoms with Gasteiger partial charge in [0.1, 0.15) is 11.2 Å². The van der Waals surface area contributed by atoms with E-state index in [1.807, 2.05) is 19.1 Å². The van der Waals surface area contributed by atoms with E-state index in [0.717, 1.165) is 17.3 Å². The van der Waals surface area contributed by atoms with E-state index in [1.165, 1.54) is 24.3 Å². The first-order chi connectivity index (χ1) is 17.6. The number of aromatic nitrogens is 2. The molecule has 0 saturated carbocycles. The highest BCUT2D eigenvalue weighted by molar-refractivity contribution is 8.14. The Hall–Kier alpha value is -3.06. The van der Waals surface area contributed by atoms with Gasteiger partial charge in [0.2, 0.25) is 0 Å². The molecule has 0 radical (unpaired) electrons. The number of methoxy groups -OCH3 is 2. The molecule has 1 saturated heterocycles. The van der Waals surface area contributed by atoms with E-state index >= 15 is 0 Å². The summed E-state index contributed by atoms with van der Waals surface area (Å²) in [5, 5.41) is 2.57. The van der Waals surface area contributed by atoms with E-state index in [0.29, 0.717) is 23.5 Å². The fourth-order valence-electron chi connectivity index (χ4n) is 3.93. The molecule has 1 aliphatic rings. The molecule has 2 heterocycles. The molecule has 3 aromatic rings. The average molecular weight is 538 g/mol. The maximum absolute atomic E-state index is 12.6. The minimum atomic E-state index is -4.74. The van der Waals surface area contributed by atoms with Gasteiger partial charge in [0.15, 0.2) is 0 Å². The Bertz CT molecular complexity index is 1190. The van der Waals surface area contributed by atoms with Gasteiger partial charge in [-0.2, -0.15) is 0 Å². The first kappa shape index (κ1) is 27.0. The zero-order chi connectivity index (χ0) is 26.6. The lowest BCUT2D eigenvalue weighted by Crippen LogP contribution is -2.46. The van der Waals surface area contributed by atoms with Crippen molar-refractivity contribution in [2.75, 3.05) is 19.5 Å². The molecule has 2 aromatic carbocycles. The molecule has 4 atom stereocenters. The Morgan fingerprint density at radius 2 is 1.76 bits per heavy atom. The number of alkyl halides is 3. The van der Waals surface area contributed by atoms with Crippen molar-refractivity contribution in [3.8, 4) is 22.7 Å². The van der Waals surface area contributed by atoms with Crippen molar-refractivity contribution < 1.29 is 36.9 Å². The second-order valence-corrected chi connectivity index (χ2v) is 9.38. The molecule has 0 aliphatic carbocycles. The number of carbonyl (C=O) groups is 1. The van der Waals surface area contributed by atoms with Crippen LogP contribution < -0.4 is 10.1 Å². The molecule has 8 nitrogen and oxygen atoms in total. The van der Waals surface area contributed by atoms with Crippen LogP contribution in [0.5, 0.6) is 5.75 Å². The first-order valence-electron chi connectivity index (χ1n) is 11.3. The molecule has 1 fully saturated rings. The van der Waals surface area contributed by atoms with Gasteiger partial charge in [-0.1, -0.05) is 12.1 Å². The van der Waals surface area contributed by atoms with Crippen LogP contribution in [0.1, 0.15) is 13.3 Å². The van der Waals surface area contributed by atoms with E-state index < -0.39 is 11.8 Å². The maximum atomic E-state index is 12.6. The molecule has 1 amide bonds. The van der Waals surface area contributed by atoms with E-state index in [4.69, 9.17) is 14.2 Å². The molecule has 0 unspecified atom stereocenters. The summed E-state index contributed by atoms with van der Waals surface area (Å²) in [5.74, 6) is -0.297. The third kappa shape index (κ3) is 7.04. The smallest absolute Gasteiger partial charge is 0.406 e. The van der Waals surface area contributed by atoms with Crippen molar-refractivity contribution in [2.24, 2.45) is 0 Å². The monoisotopic (exact) mass is 537 g/mol. The third-order valence-corrected chi connectivity index (χ3v) is 6.81. The number of amides is 1. The van der Waals surface area contributed by atoms with Crippen LogP contribution in [0.3, 0.4) is 0 Å². The second kappa shape index (κ2) is 11.5. The summed E-state index contributed by atoms with van der Waals surface area (Å²) in [6.07, 6.45) is -1.32. The minimum absolute atomic E-state index is 0.0938. The lowest BCUT2D eigenvalue weighted by Gasteiger charge is -2.38. The van der Waals surface area contributed by atoms with Gasteiger partial charge in [-0.25, -0.2) is 4.98 Å². The van der Waals surface area contributed by atoms with Crippen LogP contribution in [0.2, 0.25) is 0 Å². The topological polar surface area (TPSA) is 83.8 Å². The quantitative estimate of drug-likeness (QED) is 0.404. The number of anilines is 1. The number of nitrogens with zero attached hydrogens (tertiary/aromatic N) is 2. The Morgan fingerprint density at radius 1 is 1.08 bits per heavy atom. The standard InChI is InChI=1S/C25H26F3N3O5S/c1-15-21(33-2)12-22(34-3)23(35-15)37-24(32)30-17-6-4-16(5-7-17)20-13-31(14-29-20)18-8-10-19(11-9-18)36-25(26,27)28/h4-11,13-15,21-23H,12H2,1-3H3,(H,30,32)/t15-,21+,22+,23-/m0/s1. The number of carbonyl (C=O) groups excluding carboxylic acids is 1. The molecule has 0 bridgehead atoms. The third-order valence-electron chi connectivity index (χ3n) is 5.85. The number of ether oxygens (including phenoxy) is 4. The van der Waals surface area contributed by atoms with Gasteiger partial charge in [0, 0.05) is 43.8 Å². The number of nitrogens with one attached hydrogen (secondary N) is 1. The lowest BCUT2D eigenvalue weighted by atomic mass is 10.0. The van der Waals surface area contributed by atoms with Crippen LogP contribution in [0.4, 0.5) is 23.7 Å². The number of hydrogen-bond donors (Lipinski definition) is 1. The molecule has 198 valence electrons. The van der Waals surface area contributed by atoms with Gasteiger partial charge in [-0.15, -0.1) is 13.2 Å². The van der Waals surface area contributed by atoms with Crippen molar-refractivity contribution in [3.63, 3.8) is 0 Å². The molecule has 1 aromatic heterocycles. The zero-order valence-electron chi connectivity index (χ0n) is 20.3. The summed E-state index contributed by atoms with van der Waals surface area (Å²) >= 11 is 1.03. The predicted octanol–water partition coefficient (Wildman–Crippen LogP) is 5.87. The summed E-state index contributed by atoms with van der Waals surface area (Å²) in [6, 6.07) is 12.6. The van der Waals surface area contributed by atoms with E-state index in [2.05, 4.69) is 15.0 Å². The van der Waals surface area contributed by atoms with Crippen LogP contribution in [-0.2, 0) is 14.2 Å². The van der Waals surface area contributed by atoms with E-state index in [9.17, 15) is 18.0 Å². The van der Waals surface area contributed by atoms with Gasteiger partial charge < -0.3 is 28.8 Å². The number of halogens is 3. The second-order valence-electron chi connectivity index (χ2n) is 8.31. The zero-order valence-corrected chi connectivity index (χ0v) is 21.1. The molecule has 0 spiro atoms. The lowest BCUT2D eigenvalue weighted by molar-refractivity contribution is -0.274. The fourth-order valence-corrected chi connectivity index (χ4v) is 4.92. The Morgan fingerprint density at radius 3 is 2.38 bits per heavy atom. The Kier molecular flexibility index (Phi) is 8.42. The van der Waals surface area contributed by atoms with Crippen LogP contribution in [0.25, 0.3) is 16.9 Å². The van der Waals surface area contributed by atoms with Crippen molar-refractivity contribution in [1.29, 1.82) is 0 Å². The number of imidazole rings is 1. The van der Waals surface area contributed by atoms with E-state index in [-0.39, 0.29) is 29.3 Å². The van der Waals surface area contributed by atoms with Gasteiger partial charge in [-0.05, 0) is 55.1 Å². The normalized spacial score (nSPS) is 22.0. The fraction of sp³-hybridized carbons (Fsp3) is 0.360. The molecule has 12 heteroatoms. The van der Waals surface area contributed by atoms with Gasteiger partial charge in [0.25, 0.3) is 5.24 Å². The highest BCUT2D eigenvalue weighted by Gasteiger charge is 2.38. The van der Waals surface area contributed by atoms with Gasteiger partial charge in [0.05, 0.1) is 30.3 Å². The van der Waals surface area contributed by atoms with Crippen LogP contribution in [0, 0.1) is 0 Å². The molecule has 37 heavy (non-hydrogen) atoms. The number of thioether (sulfide) groups is 1. The summed E-state index contributed by atoms with van der Waals surface area (Å²) < 4.78 is 59.5. The molecular formula is C25H26F3N3O5S. The van der Waals surface area contributed by atoms with Crippen LogP contribution in [0.15, 0.2) is 61.1 Å². The van der Waals surface area contributed by atoms with Crippen LogP contribution in [-0.4, -0.2) is 59.1 Å².